The molecule has 13 heavy (non-hydrogen) atoms. The maximum atomic E-state index is 5.89. The molecule has 1 aromatic carbocycles. The first kappa shape index (κ1) is 10.2. The van der Waals surface area contributed by atoms with E-state index in [1.54, 1.807) is 0 Å². The van der Waals surface area contributed by atoms with Gasteiger partial charge >= 0.3 is 0 Å². The number of hydrogen-bond acceptors (Lipinski definition) is 2. The second-order valence-electron chi connectivity index (χ2n) is 3.42. The Labute approximate surface area is 80.3 Å². The molecule has 0 aliphatic heterocycles. The molecule has 0 amide bonds. The SMILES string of the molecule is CCC(C)N(N)Cc1ccccc1. The quantitative estimate of drug-likeness (QED) is 0.565. The zero-order chi connectivity index (χ0) is 9.68. The molecule has 72 valence electrons. The summed E-state index contributed by atoms with van der Waals surface area (Å²) in [5.74, 6) is 5.89. The van der Waals surface area contributed by atoms with E-state index in [2.05, 4.69) is 26.0 Å². The predicted octanol–water partition coefficient (Wildman–Crippen LogP) is 2.16. The van der Waals surface area contributed by atoms with Gasteiger partial charge in [-0.2, -0.15) is 0 Å². The standard InChI is InChI=1S/C11H18N2/c1-3-10(2)13(12)9-11-7-5-4-6-8-11/h4-8,10H,3,9,12H2,1-2H3. The highest BCUT2D eigenvalue weighted by molar-refractivity contribution is 5.14. The van der Waals surface area contributed by atoms with Gasteiger partial charge in [-0.3, -0.25) is 5.84 Å². The summed E-state index contributed by atoms with van der Waals surface area (Å²) >= 11 is 0. The van der Waals surface area contributed by atoms with Crippen molar-refractivity contribution in [2.75, 3.05) is 0 Å². The maximum Gasteiger partial charge on any atom is 0.0382 e. The molecule has 0 saturated carbocycles. The number of benzene rings is 1. The summed E-state index contributed by atoms with van der Waals surface area (Å²) in [6.07, 6.45) is 1.09. The van der Waals surface area contributed by atoms with Crippen molar-refractivity contribution in [3.05, 3.63) is 35.9 Å². The van der Waals surface area contributed by atoms with Crippen LogP contribution in [0.1, 0.15) is 25.8 Å². The summed E-state index contributed by atoms with van der Waals surface area (Å²) in [6, 6.07) is 10.7. The van der Waals surface area contributed by atoms with Crippen molar-refractivity contribution in [1.82, 2.24) is 5.01 Å². The Morgan fingerprint density at radius 2 is 1.92 bits per heavy atom. The summed E-state index contributed by atoms with van der Waals surface area (Å²) in [5.41, 5.74) is 1.27. The van der Waals surface area contributed by atoms with Crippen molar-refractivity contribution in [1.29, 1.82) is 0 Å². The van der Waals surface area contributed by atoms with E-state index in [1.165, 1.54) is 5.56 Å². The van der Waals surface area contributed by atoms with Crippen molar-refractivity contribution < 1.29 is 0 Å². The Hall–Kier alpha value is -0.860. The molecule has 1 atom stereocenters. The van der Waals surface area contributed by atoms with Gasteiger partial charge in [0, 0.05) is 12.6 Å². The van der Waals surface area contributed by atoms with Crippen LogP contribution >= 0.6 is 0 Å². The molecular formula is C11H18N2. The second kappa shape index (κ2) is 5.00. The summed E-state index contributed by atoms with van der Waals surface area (Å²) in [4.78, 5) is 0. The Bertz CT molecular complexity index is 233. The van der Waals surface area contributed by atoms with Gasteiger partial charge in [0.2, 0.25) is 0 Å². The zero-order valence-electron chi connectivity index (χ0n) is 8.40. The first-order chi connectivity index (χ1) is 6.24. The van der Waals surface area contributed by atoms with E-state index in [9.17, 15) is 0 Å². The average Bonchev–Trinajstić information content (AvgIpc) is 2.18. The molecule has 0 radical (unpaired) electrons. The van der Waals surface area contributed by atoms with E-state index < -0.39 is 0 Å². The first-order valence-corrected chi connectivity index (χ1v) is 4.79. The van der Waals surface area contributed by atoms with Gasteiger partial charge in [0.05, 0.1) is 0 Å². The number of nitrogens with zero attached hydrogens (tertiary/aromatic N) is 1. The Morgan fingerprint density at radius 3 is 2.46 bits per heavy atom. The third kappa shape index (κ3) is 3.17. The molecule has 0 fully saturated rings. The van der Waals surface area contributed by atoms with Crippen LogP contribution in [-0.2, 0) is 6.54 Å². The van der Waals surface area contributed by atoms with Crippen LogP contribution in [0.3, 0.4) is 0 Å². The maximum absolute atomic E-state index is 5.89. The number of hydrazine groups is 1. The molecule has 0 aliphatic rings. The molecule has 2 N–H and O–H groups in total. The number of rotatable bonds is 4. The van der Waals surface area contributed by atoms with Crippen LogP contribution in [0.5, 0.6) is 0 Å². The van der Waals surface area contributed by atoms with Crippen molar-refractivity contribution in [3.63, 3.8) is 0 Å². The van der Waals surface area contributed by atoms with Gasteiger partial charge in [-0.05, 0) is 18.9 Å². The molecule has 0 bridgehead atoms. The van der Waals surface area contributed by atoms with E-state index in [-0.39, 0.29) is 0 Å². The van der Waals surface area contributed by atoms with Crippen LogP contribution in [0.15, 0.2) is 30.3 Å². The minimum atomic E-state index is 0.445. The third-order valence-electron chi connectivity index (χ3n) is 2.36. The van der Waals surface area contributed by atoms with Crippen LogP contribution < -0.4 is 5.84 Å². The van der Waals surface area contributed by atoms with E-state index in [0.29, 0.717) is 6.04 Å². The molecule has 0 saturated heterocycles. The topological polar surface area (TPSA) is 29.3 Å². The molecule has 2 heteroatoms. The van der Waals surface area contributed by atoms with Gasteiger partial charge in [-0.25, -0.2) is 5.01 Å². The van der Waals surface area contributed by atoms with Crippen molar-refractivity contribution in [3.8, 4) is 0 Å². The van der Waals surface area contributed by atoms with E-state index in [0.717, 1.165) is 13.0 Å². The van der Waals surface area contributed by atoms with Crippen molar-refractivity contribution >= 4 is 0 Å². The van der Waals surface area contributed by atoms with Gasteiger partial charge in [0.1, 0.15) is 0 Å². The Balaban J connectivity index is 2.50. The third-order valence-corrected chi connectivity index (χ3v) is 2.36. The smallest absolute Gasteiger partial charge is 0.0382 e. The molecule has 1 unspecified atom stereocenters. The van der Waals surface area contributed by atoms with Gasteiger partial charge in [0.15, 0.2) is 0 Å². The van der Waals surface area contributed by atoms with Crippen molar-refractivity contribution in [2.45, 2.75) is 32.9 Å². The molecule has 0 heterocycles. The molecule has 0 aromatic heterocycles. The summed E-state index contributed by atoms with van der Waals surface area (Å²) in [6.45, 7) is 5.12. The summed E-state index contributed by atoms with van der Waals surface area (Å²) in [5, 5.41) is 1.88. The fraction of sp³-hybridized carbons (Fsp3) is 0.455. The minimum absolute atomic E-state index is 0.445. The lowest BCUT2D eigenvalue weighted by molar-refractivity contribution is 0.200. The van der Waals surface area contributed by atoms with Crippen LogP contribution in [0.2, 0.25) is 0 Å². The van der Waals surface area contributed by atoms with Crippen LogP contribution in [0, 0.1) is 0 Å². The highest BCUT2D eigenvalue weighted by Gasteiger charge is 2.06. The molecule has 1 rings (SSSR count). The van der Waals surface area contributed by atoms with Gasteiger partial charge in [-0.15, -0.1) is 0 Å². The number of nitrogens with two attached hydrogens (primary N) is 1. The minimum Gasteiger partial charge on any atom is -0.268 e. The Morgan fingerprint density at radius 1 is 1.31 bits per heavy atom. The lowest BCUT2D eigenvalue weighted by Crippen LogP contribution is -2.38. The molecule has 2 nitrogen and oxygen atoms in total. The fourth-order valence-corrected chi connectivity index (χ4v) is 1.18. The highest BCUT2D eigenvalue weighted by atomic mass is 15.4. The van der Waals surface area contributed by atoms with Gasteiger partial charge in [0.25, 0.3) is 0 Å². The number of hydrogen-bond donors (Lipinski definition) is 1. The normalized spacial score (nSPS) is 13.2. The molecule has 0 spiro atoms. The second-order valence-corrected chi connectivity index (χ2v) is 3.42. The van der Waals surface area contributed by atoms with E-state index >= 15 is 0 Å². The van der Waals surface area contributed by atoms with Crippen LogP contribution in [0.4, 0.5) is 0 Å². The van der Waals surface area contributed by atoms with Crippen LogP contribution in [0.25, 0.3) is 0 Å². The van der Waals surface area contributed by atoms with E-state index in [4.69, 9.17) is 5.84 Å². The monoisotopic (exact) mass is 178 g/mol. The van der Waals surface area contributed by atoms with E-state index in [1.807, 2.05) is 23.2 Å². The average molecular weight is 178 g/mol. The lowest BCUT2D eigenvalue weighted by atomic mass is 10.2. The molecule has 0 aliphatic carbocycles. The van der Waals surface area contributed by atoms with Gasteiger partial charge in [-0.1, -0.05) is 37.3 Å². The Kier molecular flexibility index (Phi) is 3.93. The molecule has 1 aromatic rings. The van der Waals surface area contributed by atoms with Crippen LogP contribution in [-0.4, -0.2) is 11.1 Å². The lowest BCUT2D eigenvalue weighted by Gasteiger charge is -2.22. The van der Waals surface area contributed by atoms with Crippen molar-refractivity contribution in [2.24, 2.45) is 5.84 Å². The fourth-order valence-electron chi connectivity index (χ4n) is 1.18. The largest absolute Gasteiger partial charge is 0.268 e. The molecular weight excluding hydrogens is 160 g/mol. The van der Waals surface area contributed by atoms with Gasteiger partial charge < -0.3 is 0 Å². The summed E-state index contributed by atoms with van der Waals surface area (Å²) in [7, 11) is 0. The summed E-state index contributed by atoms with van der Waals surface area (Å²) < 4.78 is 0. The zero-order valence-corrected chi connectivity index (χ0v) is 8.40. The first-order valence-electron chi connectivity index (χ1n) is 4.79. The highest BCUT2D eigenvalue weighted by Crippen LogP contribution is 2.05. The predicted molar refractivity (Wildman–Crippen MR) is 55.9 cm³/mol.